The van der Waals surface area contributed by atoms with Crippen LogP contribution in [0.25, 0.3) is 0 Å². The van der Waals surface area contributed by atoms with Crippen molar-refractivity contribution < 1.29 is 14.4 Å². The highest BCUT2D eigenvalue weighted by atomic mass is 16.2. The number of nitrogens with zero attached hydrogens (tertiary/aromatic N) is 2. The Balaban J connectivity index is 1.49. The molecule has 0 aromatic heterocycles. The maximum atomic E-state index is 12.6. The molecular formula is C20H28N4O3. The summed E-state index contributed by atoms with van der Waals surface area (Å²) in [6.45, 7) is 5.71. The molecule has 2 fully saturated rings. The quantitative estimate of drug-likeness (QED) is 0.749. The van der Waals surface area contributed by atoms with Crippen LogP contribution in [0.2, 0.25) is 0 Å². The molecule has 0 spiro atoms. The largest absolute Gasteiger partial charge is 0.326 e. The third kappa shape index (κ3) is 4.47. The zero-order valence-corrected chi connectivity index (χ0v) is 16.0. The number of likely N-dealkylation sites (tertiary alicyclic amines) is 1. The van der Waals surface area contributed by atoms with Crippen LogP contribution in [0.1, 0.15) is 33.1 Å². The average Bonchev–Trinajstić information content (AvgIpc) is 2.97. The number of benzene rings is 1. The van der Waals surface area contributed by atoms with Crippen LogP contribution >= 0.6 is 0 Å². The number of imide groups is 1. The molecule has 2 saturated heterocycles. The van der Waals surface area contributed by atoms with Gasteiger partial charge in [-0.15, -0.1) is 0 Å². The minimum absolute atomic E-state index is 0.0496. The summed E-state index contributed by atoms with van der Waals surface area (Å²) in [6.07, 6.45) is 2.25. The zero-order valence-electron chi connectivity index (χ0n) is 16.0. The molecule has 4 amide bonds. The average molecular weight is 372 g/mol. The Morgan fingerprint density at radius 3 is 2.52 bits per heavy atom. The van der Waals surface area contributed by atoms with Crippen LogP contribution in [0.5, 0.6) is 0 Å². The number of piperidine rings is 1. The maximum absolute atomic E-state index is 12.6. The van der Waals surface area contributed by atoms with Gasteiger partial charge in [-0.2, -0.15) is 0 Å². The highest BCUT2D eigenvalue weighted by Gasteiger charge is 2.44. The van der Waals surface area contributed by atoms with Gasteiger partial charge in [0.2, 0.25) is 5.91 Å². The summed E-state index contributed by atoms with van der Waals surface area (Å²) in [5.74, 6) is -0.0191. The van der Waals surface area contributed by atoms with Crippen LogP contribution in [-0.2, 0) is 9.59 Å². The first-order chi connectivity index (χ1) is 13.0. The third-order valence-corrected chi connectivity index (χ3v) is 5.56. The van der Waals surface area contributed by atoms with Gasteiger partial charge in [-0.3, -0.25) is 19.4 Å². The zero-order chi connectivity index (χ0) is 19.4. The van der Waals surface area contributed by atoms with Crippen molar-refractivity contribution in [2.75, 3.05) is 25.0 Å². The first-order valence-corrected chi connectivity index (χ1v) is 9.70. The monoisotopic (exact) mass is 372 g/mol. The standard InChI is InChI=1S/C20H28N4O3/c1-3-14(2)18-19(26)24(20(27)22-18)16-9-11-23(12-10-16)13-17(25)21-15-7-5-4-6-8-15/h4-8,14,16,18H,3,9-13H2,1-2H3,(H,21,25)(H,22,27)/t14-,18-/m0/s1. The van der Waals surface area contributed by atoms with E-state index in [-0.39, 0.29) is 29.8 Å². The summed E-state index contributed by atoms with van der Waals surface area (Å²) in [4.78, 5) is 40.6. The van der Waals surface area contributed by atoms with E-state index in [4.69, 9.17) is 0 Å². The number of amides is 4. The Morgan fingerprint density at radius 2 is 1.89 bits per heavy atom. The number of hydrogen-bond acceptors (Lipinski definition) is 4. The number of carbonyl (C=O) groups is 3. The van der Waals surface area contributed by atoms with Gasteiger partial charge in [-0.1, -0.05) is 38.5 Å². The van der Waals surface area contributed by atoms with Crippen molar-refractivity contribution in [3.63, 3.8) is 0 Å². The predicted octanol–water partition coefficient (Wildman–Crippen LogP) is 2.06. The van der Waals surface area contributed by atoms with Crippen molar-refractivity contribution in [1.82, 2.24) is 15.1 Å². The molecule has 1 aromatic rings. The molecule has 0 aliphatic carbocycles. The number of rotatable bonds is 6. The fourth-order valence-corrected chi connectivity index (χ4v) is 3.74. The summed E-state index contributed by atoms with van der Waals surface area (Å²) in [6, 6.07) is 8.62. The van der Waals surface area contributed by atoms with Gasteiger partial charge in [-0.25, -0.2) is 4.79 Å². The predicted molar refractivity (Wildman–Crippen MR) is 103 cm³/mol. The number of carbonyl (C=O) groups excluding carboxylic acids is 3. The summed E-state index contributed by atoms with van der Waals surface area (Å²) in [5, 5.41) is 5.72. The van der Waals surface area contributed by atoms with E-state index < -0.39 is 6.04 Å². The molecule has 2 N–H and O–H groups in total. The Labute approximate surface area is 160 Å². The molecule has 3 rings (SSSR count). The van der Waals surface area contributed by atoms with E-state index in [1.54, 1.807) is 0 Å². The molecule has 27 heavy (non-hydrogen) atoms. The number of urea groups is 1. The van der Waals surface area contributed by atoms with E-state index in [1.165, 1.54) is 4.90 Å². The lowest BCUT2D eigenvalue weighted by molar-refractivity contribution is -0.131. The molecule has 2 aliphatic rings. The molecule has 0 radical (unpaired) electrons. The van der Waals surface area contributed by atoms with Crippen molar-refractivity contribution in [3.05, 3.63) is 30.3 Å². The molecule has 0 saturated carbocycles. The van der Waals surface area contributed by atoms with Crippen molar-refractivity contribution in [2.24, 2.45) is 5.92 Å². The van der Waals surface area contributed by atoms with E-state index in [1.807, 2.05) is 44.2 Å². The van der Waals surface area contributed by atoms with E-state index in [0.717, 1.165) is 12.1 Å². The van der Waals surface area contributed by atoms with Gasteiger partial charge in [0.15, 0.2) is 0 Å². The lowest BCUT2D eigenvalue weighted by Crippen LogP contribution is -2.49. The molecule has 146 valence electrons. The van der Waals surface area contributed by atoms with Gasteiger partial charge in [0.1, 0.15) is 6.04 Å². The minimum atomic E-state index is -0.405. The molecule has 0 bridgehead atoms. The molecule has 2 heterocycles. The highest BCUT2D eigenvalue weighted by Crippen LogP contribution is 2.24. The molecule has 2 atom stereocenters. The van der Waals surface area contributed by atoms with Gasteiger partial charge in [-0.05, 0) is 30.9 Å². The number of anilines is 1. The lowest BCUT2D eigenvalue weighted by atomic mass is 9.98. The molecule has 1 aromatic carbocycles. The van der Waals surface area contributed by atoms with Crippen LogP contribution in [0.4, 0.5) is 10.5 Å². The number of nitrogens with one attached hydrogen (secondary N) is 2. The third-order valence-electron chi connectivity index (χ3n) is 5.56. The van der Waals surface area contributed by atoms with E-state index in [9.17, 15) is 14.4 Å². The van der Waals surface area contributed by atoms with E-state index in [0.29, 0.717) is 32.5 Å². The van der Waals surface area contributed by atoms with Crippen molar-refractivity contribution >= 4 is 23.5 Å². The van der Waals surface area contributed by atoms with Gasteiger partial charge in [0.25, 0.3) is 5.91 Å². The second kappa shape index (κ2) is 8.52. The normalized spacial score (nSPS) is 22.6. The maximum Gasteiger partial charge on any atom is 0.325 e. The molecule has 2 aliphatic heterocycles. The summed E-state index contributed by atoms with van der Waals surface area (Å²) < 4.78 is 0. The van der Waals surface area contributed by atoms with Gasteiger partial charge in [0, 0.05) is 24.8 Å². The van der Waals surface area contributed by atoms with Crippen molar-refractivity contribution in [3.8, 4) is 0 Å². The fraction of sp³-hybridized carbons (Fsp3) is 0.550. The summed E-state index contributed by atoms with van der Waals surface area (Å²) in [5.41, 5.74) is 0.785. The second-order valence-corrected chi connectivity index (χ2v) is 7.44. The lowest BCUT2D eigenvalue weighted by Gasteiger charge is -2.35. The van der Waals surface area contributed by atoms with E-state index >= 15 is 0 Å². The van der Waals surface area contributed by atoms with Gasteiger partial charge >= 0.3 is 6.03 Å². The fourth-order valence-electron chi connectivity index (χ4n) is 3.74. The molecule has 7 heteroatoms. The Hall–Kier alpha value is -2.41. The van der Waals surface area contributed by atoms with Crippen molar-refractivity contribution in [1.29, 1.82) is 0 Å². The molecule has 0 unspecified atom stereocenters. The van der Waals surface area contributed by atoms with Crippen LogP contribution < -0.4 is 10.6 Å². The summed E-state index contributed by atoms with van der Waals surface area (Å²) >= 11 is 0. The van der Waals surface area contributed by atoms with Gasteiger partial charge < -0.3 is 10.6 Å². The molecular weight excluding hydrogens is 344 g/mol. The Kier molecular flexibility index (Phi) is 6.11. The summed E-state index contributed by atoms with van der Waals surface area (Å²) in [7, 11) is 0. The second-order valence-electron chi connectivity index (χ2n) is 7.44. The van der Waals surface area contributed by atoms with Crippen LogP contribution in [-0.4, -0.2) is 59.4 Å². The van der Waals surface area contributed by atoms with Crippen molar-refractivity contribution in [2.45, 2.75) is 45.2 Å². The Morgan fingerprint density at radius 1 is 1.22 bits per heavy atom. The Bertz CT molecular complexity index is 686. The van der Waals surface area contributed by atoms with Crippen LogP contribution in [0, 0.1) is 5.92 Å². The number of hydrogen-bond donors (Lipinski definition) is 2. The van der Waals surface area contributed by atoms with Crippen LogP contribution in [0.3, 0.4) is 0 Å². The highest BCUT2D eigenvalue weighted by molar-refractivity contribution is 6.04. The SMILES string of the molecule is CC[C@H](C)[C@@H]1NC(=O)N(C2CCN(CC(=O)Nc3ccccc3)CC2)C1=O. The van der Waals surface area contributed by atoms with Crippen LogP contribution in [0.15, 0.2) is 30.3 Å². The topological polar surface area (TPSA) is 81.8 Å². The minimum Gasteiger partial charge on any atom is -0.326 e. The first kappa shape index (κ1) is 19.4. The van der Waals surface area contributed by atoms with E-state index in [2.05, 4.69) is 15.5 Å². The smallest absolute Gasteiger partial charge is 0.325 e. The van der Waals surface area contributed by atoms with Gasteiger partial charge in [0.05, 0.1) is 6.54 Å². The first-order valence-electron chi connectivity index (χ1n) is 9.70. The molecule has 7 nitrogen and oxygen atoms in total. The number of para-hydroxylation sites is 1.